The number of carbonyl (C=O) groups is 1. The Kier molecular flexibility index (Phi) is 4.90. The molecule has 0 aliphatic carbocycles. The summed E-state index contributed by atoms with van der Waals surface area (Å²) in [6, 6.07) is 20.4. The molecule has 142 valence electrons. The van der Waals surface area contributed by atoms with Crippen molar-refractivity contribution in [3.05, 3.63) is 101 Å². The van der Waals surface area contributed by atoms with E-state index in [0.717, 1.165) is 5.56 Å². The molecule has 28 heavy (non-hydrogen) atoms. The van der Waals surface area contributed by atoms with Gasteiger partial charge in [-0.15, -0.1) is 0 Å². The third-order valence-electron chi connectivity index (χ3n) is 5.12. The second kappa shape index (κ2) is 7.36. The fraction of sp³-hybridized carbons (Fsp3) is 0.174. The highest BCUT2D eigenvalue weighted by molar-refractivity contribution is 6.30. The van der Waals surface area contributed by atoms with E-state index in [2.05, 4.69) is 0 Å². The maximum atomic E-state index is 15.7. The number of alkyl halides is 2. The van der Waals surface area contributed by atoms with E-state index in [1.165, 1.54) is 24.3 Å². The topological polar surface area (TPSA) is 20.3 Å². The zero-order chi connectivity index (χ0) is 19.7. The van der Waals surface area contributed by atoms with Crippen LogP contribution in [-0.2, 0) is 6.42 Å². The van der Waals surface area contributed by atoms with Gasteiger partial charge in [-0.05, 0) is 53.9 Å². The highest BCUT2D eigenvalue weighted by atomic mass is 35.5. The first kappa shape index (κ1) is 18.6. The summed E-state index contributed by atoms with van der Waals surface area (Å²) in [4.78, 5) is 14.5. The summed E-state index contributed by atoms with van der Waals surface area (Å²) in [5.41, 5.74) is 1.96. The van der Waals surface area contributed by atoms with Gasteiger partial charge in [0.2, 0.25) is 5.78 Å². The highest BCUT2D eigenvalue weighted by Crippen LogP contribution is 2.44. The number of rotatable bonds is 4. The van der Waals surface area contributed by atoms with Crippen LogP contribution in [0.15, 0.2) is 78.9 Å². The van der Waals surface area contributed by atoms with E-state index < -0.39 is 17.7 Å². The molecule has 3 aromatic rings. The van der Waals surface area contributed by atoms with Gasteiger partial charge in [-0.3, -0.25) is 4.79 Å². The van der Waals surface area contributed by atoms with E-state index in [-0.39, 0.29) is 5.56 Å². The first-order valence-electron chi connectivity index (χ1n) is 9.06. The van der Waals surface area contributed by atoms with Gasteiger partial charge in [0.1, 0.15) is 6.04 Å². The van der Waals surface area contributed by atoms with Crippen molar-refractivity contribution in [2.24, 2.45) is 0 Å². The molecule has 0 saturated carbocycles. The second-order valence-electron chi connectivity index (χ2n) is 6.84. The maximum absolute atomic E-state index is 15.7. The molecule has 1 aliphatic rings. The summed E-state index contributed by atoms with van der Waals surface area (Å²) in [5.74, 6) is -4.81. The van der Waals surface area contributed by atoms with Crippen molar-refractivity contribution in [2.45, 2.75) is 18.4 Å². The van der Waals surface area contributed by atoms with Crippen LogP contribution in [-0.4, -0.2) is 18.3 Å². The van der Waals surface area contributed by atoms with Crippen molar-refractivity contribution < 1.29 is 13.6 Å². The molecule has 1 atom stereocenters. The van der Waals surface area contributed by atoms with Crippen LogP contribution in [0.2, 0.25) is 5.02 Å². The van der Waals surface area contributed by atoms with Gasteiger partial charge in [-0.1, -0.05) is 54.1 Å². The van der Waals surface area contributed by atoms with Crippen LogP contribution < -0.4 is 4.90 Å². The van der Waals surface area contributed by atoms with Gasteiger partial charge in [-0.2, -0.15) is 8.78 Å². The minimum atomic E-state index is -3.61. The van der Waals surface area contributed by atoms with Crippen molar-refractivity contribution in [3.63, 3.8) is 0 Å². The van der Waals surface area contributed by atoms with Crippen LogP contribution in [0.1, 0.15) is 27.5 Å². The Labute approximate surface area is 167 Å². The number of nitrogens with zero attached hydrogens (tertiary/aromatic N) is 1. The minimum Gasteiger partial charge on any atom is -0.358 e. The van der Waals surface area contributed by atoms with Gasteiger partial charge in [0.05, 0.1) is 0 Å². The molecular weight excluding hydrogens is 380 g/mol. The molecule has 0 aromatic heterocycles. The summed E-state index contributed by atoms with van der Waals surface area (Å²) in [5, 5.41) is 0.397. The number of ketones is 1. The zero-order valence-electron chi connectivity index (χ0n) is 15.0. The molecule has 0 saturated heterocycles. The smallest absolute Gasteiger partial charge is 0.333 e. The lowest BCUT2D eigenvalue weighted by molar-refractivity contribution is -0.0104. The van der Waals surface area contributed by atoms with Crippen LogP contribution in [0.3, 0.4) is 0 Å². The number of hydrogen-bond donors (Lipinski definition) is 0. The largest absolute Gasteiger partial charge is 0.358 e. The third kappa shape index (κ3) is 3.29. The van der Waals surface area contributed by atoms with Crippen LogP contribution in [0.4, 0.5) is 14.5 Å². The molecule has 0 spiro atoms. The Hall–Kier alpha value is -2.72. The lowest BCUT2D eigenvalue weighted by Gasteiger charge is -2.42. The fourth-order valence-corrected chi connectivity index (χ4v) is 3.90. The Bertz CT molecular complexity index is 989. The predicted molar refractivity (Wildman–Crippen MR) is 107 cm³/mol. The van der Waals surface area contributed by atoms with Gasteiger partial charge in [0.15, 0.2) is 0 Å². The van der Waals surface area contributed by atoms with E-state index >= 15 is 8.78 Å². The van der Waals surface area contributed by atoms with Crippen molar-refractivity contribution in [2.75, 3.05) is 11.4 Å². The first-order valence-corrected chi connectivity index (χ1v) is 9.44. The summed E-state index contributed by atoms with van der Waals surface area (Å²) in [6.45, 7) is 0.412. The molecule has 1 heterocycles. The van der Waals surface area contributed by atoms with Gasteiger partial charge in [0.25, 0.3) is 0 Å². The number of anilines is 1. The van der Waals surface area contributed by atoms with Crippen LogP contribution >= 0.6 is 11.6 Å². The summed E-state index contributed by atoms with van der Waals surface area (Å²) >= 11 is 5.84. The Morgan fingerprint density at radius 3 is 2.29 bits per heavy atom. The molecule has 0 radical (unpaired) electrons. The van der Waals surface area contributed by atoms with Crippen molar-refractivity contribution in [3.8, 4) is 0 Å². The monoisotopic (exact) mass is 397 g/mol. The molecule has 3 aromatic carbocycles. The number of halogens is 3. The lowest BCUT2D eigenvalue weighted by atomic mass is 9.85. The van der Waals surface area contributed by atoms with Crippen molar-refractivity contribution >= 4 is 23.1 Å². The predicted octanol–water partition coefficient (Wildman–Crippen LogP) is 5.96. The number of fused-ring (bicyclic) bond motifs is 1. The quantitative estimate of drug-likeness (QED) is 0.506. The number of para-hydroxylation sites is 1. The SMILES string of the molecule is O=C(c1ccc(Cl)cc1)C(F)(F)C1c2ccccc2CCN1c1ccccc1. The van der Waals surface area contributed by atoms with Crippen LogP contribution in [0, 0.1) is 0 Å². The molecular formula is C23H18ClF2NO. The van der Waals surface area contributed by atoms with E-state index in [4.69, 9.17) is 11.6 Å². The summed E-state index contributed by atoms with van der Waals surface area (Å²) in [7, 11) is 0. The van der Waals surface area contributed by atoms with Crippen molar-refractivity contribution in [1.29, 1.82) is 0 Å². The van der Waals surface area contributed by atoms with E-state index in [9.17, 15) is 4.79 Å². The molecule has 2 nitrogen and oxygen atoms in total. The number of Topliss-reactive ketones (excluding diaryl/α,β-unsaturated/α-hetero) is 1. The fourth-order valence-electron chi connectivity index (χ4n) is 3.77. The van der Waals surface area contributed by atoms with E-state index in [1.54, 1.807) is 29.2 Å². The third-order valence-corrected chi connectivity index (χ3v) is 5.38. The van der Waals surface area contributed by atoms with E-state index in [0.29, 0.717) is 29.2 Å². The number of hydrogen-bond acceptors (Lipinski definition) is 2. The molecule has 0 bridgehead atoms. The molecule has 1 unspecified atom stereocenters. The van der Waals surface area contributed by atoms with Crippen molar-refractivity contribution in [1.82, 2.24) is 0 Å². The molecule has 0 fully saturated rings. The molecule has 0 N–H and O–H groups in total. The van der Waals surface area contributed by atoms with Gasteiger partial charge in [0, 0.05) is 22.8 Å². The van der Waals surface area contributed by atoms with Crippen LogP contribution in [0.25, 0.3) is 0 Å². The minimum absolute atomic E-state index is 0.0505. The van der Waals surface area contributed by atoms with Gasteiger partial charge < -0.3 is 4.90 Å². The molecule has 5 heteroatoms. The maximum Gasteiger partial charge on any atom is 0.333 e. The summed E-state index contributed by atoms with van der Waals surface area (Å²) in [6.07, 6.45) is 0.646. The van der Waals surface area contributed by atoms with E-state index in [1.807, 2.05) is 30.3 Å². The van der Waals surface area contributed by atoms with Gasteiger partial charge >= 0.3 is 5.92 Å². The normalized spacial score (nSPS) is 16.5. The zero-order valence-corrected chi connectivity index (χ0v) is 15.7. The lowest BCUT2D eigenvalue weighted by Crippen LogP contribution is -2.49. The molecule has 0 amide bonds. The molecule has 1 aliphatic heterocycles. The van der Waals surface area contributed by atoms with Gasteiger partial charge in [-0.25, -0.2) is 0 Å². The second-order valence-corrected chi connectivity index (χ2v) is 7.28. The summed E-state index contributed by atoms with van der Waals surface area (Å²) < 4.78 is 31.4. The standard InChI is InChI=1S/C23H18ClF2NO/c24-18-12-10-17(11-13-18)22(28)23(25,26)21-20-9-5-4-6-16(20)14-15-27(21)19-7-2-1-3-8-19/h1-13,21H,14-15H2. The Morgan fingerprint density at radius 2 is 1.57 bits per heavy atom. The Morgan fingerprint density at radius 1 is 0.929 bits per heavy atom. The first-order chi connectivity index (χ1) is 13.5. The van der Waals surface area contributed by atoms with Crippen LogP contribution in [0.5, 0.6) is 0 Å². The highest BCUT2D eigenvalue weighted by Gasteiger charge is 2.52. The Balaban J connectivity index is 1.81. The number of carbonyl (C=O) groups excluding carboxylic acids is 1. The average molecular weight is 398 g/mol. The molecule has 4 rings (SSSR count). The number of benzene rings is 3. The average Bonchev–Trinajstić information content (AvgIpc) is 2.73.